The Morgan fingerprint density at radius 2 is 1.87 bits per heavy atom. The van der Waals surface area contributed by atoms with Gasteiger partial charge in [0.15, 0.2) is 5.57 Å². The molecule has 0 aromatic heterocycles. The first-order valence-electron chi connectivity index (χ1n) is 6.92. The summed E-state index contributed by atoms with van der Waals surface area (Å²) in [6.45, 7) is 4.74. The van der Waals surface area contributed by atoms with Crippen molar-refractivity contribution in [1.82, 2.24) is 0 Å². The number of rotatable bonds is 4. The highest BCUT2D eigenvalue weighted by Gasteiger charge is 2.38. The molecule has 0 radical (unpaired) electrons. The SMILES string of the molecule is Cc1ccc(CC(=O)O)cc1NC=C1C(=O)OC(C)(C)OC1=O. The molecule has 0 atom stereocenters. The minimum Gasteiger partial charge on any atom is -0.481 e. The van der Waals surface area contributed by atoms with Crippen molar-refractivity contribution >= 4 is 23.6 Å². The molecule has 0 unspecified atom stereocenters. The highest BCUT2D eigenvalue weighted by molar-refractivity contribution is 6.15. The topological polar surface area (TPSA) is 102 Å². The Morgan fingerprint density at radius 1 is 1.26 bits per heavy atom. The number of benzene rings is 1. The van der Waals surface area contributed by atoms with Crippen molar-refractivity contribution < 1.29 is 29.0 Å². The molecule has 2 N–H and O–H groups in total. The van der Waals surface area contributed by atoms with Gasteiger partial charge in [-0.15, -0.1) is 0 Å². The highest BCUT2D eigenvalue weighted by Crippen LogP contribution is 2.23. The normalized spacial score (nSPS) is 16.4. The summed E-state index contributed by atoms with van der Waals surface area (Å²) < 4.78 is 9.97. The Hall–Kier alpha value is -2.83. The fourth-order valence-electron chi connectivity index (χ4n) is 2.04. The number of carboxylic acid groups (broad SMARTS) is 1. The second-order valence-corrected chi connectivity index (χ2v) is 5.60. The Bertz CT molecular complexity index is 683. The third-order valence-electron chi connectivity index (χ3n) is 3.15. The average Bonchev–Trinajstić information content (AvgIpc) is 2.39. The maximum absolute atomic E-state index is 11.8. The molecule has 2 rings (SSSR count). The third kappa shape index (κ3) is 4.09. The molecule has 1 fully saturated rings. The molecule has 0 bridgehead atoms. The van der Waals surface area contributed by atoms with E-state index in [0.717, 1.165) is 5.56 Å². The van der Waals surface area contributed by atoms with Crippen LogP contribution in [0, 0.1) is 6.92 Å². The molecular formula is C16H17NO6. The first-order valence-corrected chi connectivity index (χ1v) is 6.92. The van der Waals surface area contributed by atoms with Crippen molar-refractivity contribution in [3.63, 3.8) is 0 Å². The van der Waals surface area contributed by atoms with Gasteiger partial charge in [-0.3, -0.25) is 4.79 Å². The summed E-state index contributed by atoms with van der Waals surface area (Å²) >= 11 is 0. The van der Waals surface area contributed by atoms with Gasteiger partial charge in [-0.1, -0.05) is 12.1 Å². The zero-order valence-electron chi connectivity index (χ0n) is 13.0. The number of hydrogen-bond acceptors (Lipinski definition) is 6. The van der Waals surface area contributed by atoms with E-state index < -0.39 is 23.7 Å². The van der Waals surface area contributed by atoms with Crippen molar-refractivity contribution in [2.45, 2.75) is 33.0 Å². The number of carbonyl (C=O) groups excluding carboxylic acids is 2. The van der Waals surface area contributed by atoms with Crippen molar-refractivity contribution in [3.05, 3.63) is 41.1 Å². The molecule has 7 nitrogen and oxygen atoms in total. The molecule has 122 valence electrons. The number of anilines is 1. The van der Waals surface area contributed by atoms with E-state index in [1.165, 1.54) is 20.0 Å². The van der Waals surface area contributed by atoms with Crippen LogP contribution in [-0.2, 0) is 30.3 Å². The molecule has 1 aliphatic rings. The highest BCUT2D eigenvalue weighted by atomic mass is 16.7. The lowest BCUT2D eigenvalue weighted by atomic mass is 10.1. The summed E-state index contributed by atoms with van der Waals surface area (Å²) in [5.41, 5.74) is 1.75. The summed E-state index contributed by atoms with van der Waals surface area (Å²) in [6.07, 6.45) is 1.08. The van der Waals surface area contributed by atoms with E-state index in [1.54, 1.807) is 18.2 Å². The van der Waals surface area contributed by atoms with Crippen LogP contribution in [0.25, 0.3) is 0 Å². The minimum atomic E-state index is -1.29. The van der Waals surface area contributed by atoms with E-state index in [1.807, 2.05) is 6.92 Å². The Balaban J connectivity index is 2.21. The van der Waals surface area contributed by atoms with Crippen LogP contribution in [0.1, 0.15) is 25.0 Å². The number of ether oxygens (including phenoxy) is 2. The Morgan fingerprint density at radius 3 is 2.43 bits per heavy atom. The predicted molar refractivity (Wildman–Crippen MR) is 80.5 cm³/mol. The van der Waals surface area contributed by atoms with Crippen LogP contribution in [0.5, 0.6) is 0 Å². The number of aryl methyl sites for hydroxylation is 1. The Labute approximate surface area is 132 Å². The summed E-state index contributed by atoms with van der Waals surface area (Å²) in [4.78, 5) is 34.4. The number of hydrogen-bond donors (Lipinski definition) is 2. The summed E-state index contributed by atoms with van der Waals surface area (Å²) in [7, 11) is 0. The monoisotopic (exact) mass is 319 g/mol. The average molecular weight is 319 g/mol. The summed E-state index contributed by atoms with van der Waals surface area (Å²) in [5, 5.41) is 11.7. The quantitative estimate of drug-likeness (QED) is 0.495. The van der Waals surface area contributed by atoms with Gasteiger partial charge in [-0.25, -0.2) is 9.59 Å². The van der Waals surface area contributed by atoms with Crippen LogP contribution >= 0.6 is 0 Å². The summed E-state index contributed by atoms with van der Waals surface area (Å²) in [5.74, 6) is -3.79. The maximum atomic E-state index is 11.8. The number of cyclic esters (lactones) is 2. The molecule has 23 heavy (non-hydrogen) atoms. The minimum absolute atomic E-state index is 0.121. The molecule has 0 aliphatic carbocycles. The number of carboxylic acids is 1. The fourth-order valence-corrected chi connectivity index (χ4v) is 2.04. The fraction of sp³-hybridized carbons (Fsp3) is 0.312. The van der Waals surface area contributed by atoms with Crippen LogP contribution in [0.3, 0.4) is 0 Å². The largest absolute Gasteiger partial charge is 0.481 e. The lowest BCUT2D eigenvalue weighted by Gasteiger charge is -2.29. The van der Waals surface area contributed by atoms with Crippen LogP contribution in [0.4, 0.5) is 5.69 Å². The van der Waals surface area contributed by atoms with E-state index in [2.05, 4.69) is 5.32 Å². The molecule has 1 aliphatic heterocycles. The van der Waals surface area contributed by atoms with Crippen LogP contribution in [-0.4, -0.2) is 28.8 Å². The van der Waals surface area contributed by atoms with E-state index in [9.17, 15) is 14.4 Å². The second-order valence-electron chi connectivity index (χ2n) is 5.60. The van der Waals surface area contributed by atoms with Crippen molar-refractivity contribution in [3.8, 4) is 0 Å². The maximum Gasteiger partial charge on any atom is 0.350 e. The van der Waals surface area contributed by atoms with Crippen molar-refractivity contribution in [2.24, 2.45) is 0 Å². The van der Waals surface area contributed by atoms with Gasteiger partial charge in [0, 0.05) is 25.7 Å². The van der Waals surface area contributed by atoms with E-state index >= 15 is 0 Å². The molecule has 1 heterocycles. The Kier molecular flexibility index (Phi) is 4.40. The first-order chi connectivity index (χ1) is 10.7. The van der Waals surface area contributed by atoms with Gasteiger partial charge in [0.05, 0.1) is 6.42 Å². The molecule has 0 spiro atoms. The molecule has 1 aromatic carbocycles. The molecule has 0 saturated carbocycles. The number of nitrogens with one attached hydrogen (secondary N) is 1. The molecule has 7 heteroatoms. The number of esters is 2. The third-order valence-corrected chi connectivity index (χ3v) is 3.15. The smallest absolute Gasteiger partial charge is 0.350 e. The van der Waals surface area contributed by atoms with Gasteiger partial charge in [0.25, 0.3) is 5.79 Å². The van der Waals surface area contributed by atoms with Crippen molar-refractivity contribution in [2.75, 3.05) is 5.32 Å². The van der Waals surface area contributed by atoms with E-state index in [-0.39, 0.29) is 12.0 Å². The van der Waals surface area contributed by atoms with Gasteiger partial charge in [-0.05, 0) is 24.1 Å². The lowest BCUT2D eigenvalue weighted by molar-refractivity contribution is -0.222. The van der Waals surface area contributed by atoms with Gasteiger partial charge >= 0.3 is 17.9 Å². The van der Waals surface area contributed by atoms with Gasteiger partial charge in [0.1, 0.15) is 0 Å². The molecule has 1 aromatic rings. The van der Waals surface area contributed by atoms with Gasteiger partial charge in [-0.2, -0.15) is 0 Å². The van der Waals surface area contributed by atoms with E-state index in [4.69, 9.17) is 14.6 Å². The van der Waals surface area contributed by atoms with Gasteiger partial charge < -0.3 is 19.9 Å². The van der Waals surface area contributed by atoms with E-state index in [0.29, 0.717) is 11.3 Å². The second kappa shape index (κ2) is 6.12. The zero-order chi connectivity index (χ0) is 17.2. The number of carbonyl (C=O) groups is 3. The lowest BCUT2D eigenvalue weighted by Crippen LogP contribution is -2.42. The molecule has 0 amide bonds. The molecule has 1 saturated heterocycles. The van der Waals surface area contributed by atoms with Crippen LogP contribution < -0.4 is 5.32 Å². The predicted octanol–water partition coefficient (Wildman–Crippen LogP) is 1.75. The molecular weight excluding hydrogens is 302 g/mol. The first kappa shape index (κ1) is 16.5. The number of aliphatic carboxylic acids is 1. The van der Waals surface area contributed by atoms with Crippen molar-refractivity contribution in [1.29, 1.82) is 0 Å². The van der Waals surface area contributed by atoms with Crippen LogP contribution in [0.15, 0.2) is 30.0 Å². The van der Waals surface area contributed by atoms with Gasteiger partial charge in [0.2, 0.25) is 0 Å². The van der Waals surface area contributed by atoms with Crippen LogP contribution in [0.2, 0.25) is 0 Å². The zero-order valence-corrected chi connectivity index (χ0v) is 13.0. The summed E-state index contributed by atoms with van der Waals surface area (Å²) in [6, 6.07) is 5.09. The standard InChI is InChI=1S/C16H17NO6/c1-9-4-5-10(7-13(18)19)6-12(9)17-8-11-14(20)22-16(2,3)23-15(11)21/h4-6,8,17H,7H2,1-3H3,(H,18,19).